The van der Waals surface area contributed by atoms with E-state index in [0.29, 0.717) is 13.2 Å². The molecule has 0 amide bonds. The fraction of sp³-hybridized carbons (Fsp3) is 0.231. The third-order valence-corrected chi connectivity index (χ3v) is 2.43. The third kappa shape index (κ3) is 3.26. The van der Waals surface area contributed by atoms with E-state index < -0.39 is 0 Å². The number of nitrogens with two attached hydrogens (primary N) is 1. The van der Waals surface area contributed by atoms with E-state index in [-0.39, 0.29) is 0 Å². The molecule has 2 aromatic heterocycles. The van der Waals surface area contributed by atoms with Crippen LogP contribution in [0.5, 0.6) is 5.75 Å². The summed E-state index contributed by atoms with van der Waals surface area (Å²) in [5, 5.41) is 0. The standard InChI is InChI=1S/C13H15N3O/c14-9-11-4-7-15-10-13(11)17-8-5-12-3-1-2-6-16-12/h1-4,6-7,10H,5,8-9,14H2. The van der Waals surface area contributed by atoms with Gasteiger partial charge in [0.05, 0.1) is 12.8 Å². The van der Waals surface area contributed by atoms with Gasteiger partial charge in [0.15, 0.2) is 0 Å². The van der Waals surface area contributed by atoms with Crippen molar-refractivity contribution in [3.05, 3.63) is 54.1 Å². The summed E-state index contributed by atoms with van der Waals surface area (Å²) in [5.74, 6) is 0.755. The van der Waals surface area contributed by atoms with Crippen LogP contribution in [0.2, 0.25) is 0 Å². The maximum Gasteiger partial charge on any atom is 0.142 e. The van der Waals surface area contributed by atoms with Crippen LogP contribution in [0.25, 0.3) is 0 Å². The van der Waals surface area contributed by atoms with Crippen molar-refractivity contribution in [2.75, 3.05) is 6.61 Å². The zero-order valence-corrected chi connectivity index (χ0v) is 9.54. The number of nitrogens with zero attached hydrogens (tertiary/aromatic N) is 2. The minimum atomic E-state index is 0.460. The van der Waals surface area contributed by atoms with Gasteiger partial charge in [-0.3, -0.25) is 9.97 Å². The first-order valence-electron chi connectivity index (χ1n) is 5.56. The lowest BCUT2D eigenvalue weighted by Crippen LogP contribution is -2.06. The number of hydrogen-bond acceptors (Lipinski definition) is 4. The molecule has 0 aliphatic rings. The lowest BCUT2D eigenvalue weighted by atomic mass is 10.2. The van der Waals surface area contributed by atoms with Crippen molar-refractivity contribution in [1.82, 2.24) is 9.97 Å². The Labute approximate surface area is 100 Å². The molecule has 0 radical (unpaired) electrons. The average molecular weight is 229 g/mol. The summed E-state index contributed by atoms with van der Waals surface area (Å²) in [5.41, 5.74) is 7.61. The molecule has 2 heterocycles. The summed E-state index contributed by atoms with van der Waals surface area (Å²) in [4.78, 5) is 8.25. The molecule has 0 aliphatic heterocycles. The molecule has 2 N–H and O–H groups in total. The molecule has 2 rings (SSSR count). The lowest BCUT2D eigenvalue weighted by molar-refractivity contribution is 0.316. The van der Waals surface area contributed by atoms with Crippen LogP contribution in [-0.2, 0) is 13.0 Å². The predicted octanol–water partition coefficient (Wildman–Crippen LogP) is 1.56. The smallest absolute Gasteiger partial charge is 0.142 e. The Bertz CT molecular complexity index is 459. The highest BCUT2D eigenvalue weighted by Crippen LogP contribution is 2.15. The molecular weight excluding hydrogens is 214 g/mol. The van der Waals surface area contributed by atoms with Crippen molar-refractivity contribution >= 4 is 0 Å². The van der Waals surface area contributed by atoms with Crippen LogP contribution in [-0.4, -0.2) is 16.6 Å². The van der Waals surface area contributed by atoms with Crippen molar-refractivity contribution in [2.45, 2.75) is 13.0 Å². The van der Waals surface area contributed by atoms with Gasteiger partial charge in [-0.05, 0) is 18.2 Å². The maximum atomic E-state index is 5.65. The highest BCUT2D eigenvalue weighted by molar-refractivity contribution is 5.29. The van der Waals surface area contributed by atoms with Crippen LogP contribution in [0.3, 0.4) is 0 Å². The molecular formula is C13H15N3O. The summed E-state index contributed by atoms with van der Waals surface area (Å²) in [6.45, 7) is 1.04. The number of hydrogen-bond donors (Lipinski definition) is 1. The van der Waals surface area contributed by atoms with Crippen LogP contribution in [0.4, 0.5) is 0 Å². The van der Waals surface area contributed by atoms with E-state index in [9.17, 15) is 0 Å². The molecule has 0 saturated heterocycles. The van der Waals surface area contributed by atoms with E-state index in [0.717, 1.165) is 23.4 Å². The third-order valence-electron chi connectivity index (χ3n) is 2.43. The van der Waals surface area contributed by atoms with E-state index in [1.807, 2.05) is 24.3 Å². The first-order chi connectivity index (χ1) is 8.40. The Morgan fingerprint density at radius 1 is 1.18 bits per heavy atom. The zero-order valence-electron chi connectivity index (χ0n) is 9.54. The number of pyridine rings is 2. The molecule has 0 atom stereocenters. The highest BCUT2D eigenvalue weighted by Gasteiger charge is 2.01. The quantitative estimate of drug-likeness (QED) is 0.845. The lowest BCUT2D eigenvalue weighted by Gasteiger charge is -2.09. The van der Waals surface area contributed by atoms with E-state index in [2.05, 4.69) is 9.97 Å². The Kier molecular flexibility index (Phi) is 4.05. The Morgan fingerprint density at radius 2 is 2.12 bits per heavy atom. The molecule has 0 bridgehead atoms. The second kappa shape index (κ2) is 5.96. The SMILES string of the molecule is NCc1ccncc1OCCc1ccccn1. The van der Waals surface area contributed by atoms with Crippen molar-refractivity contribution in [3.63, 3.8) is 0 Å². The predicted molar refractivity (Wildman–Crippen MR) is 65.6 cm³/mol. The van der Waals surface area contributed by atoms with Gasteiger partial charge in [-0.25, -0.2) is 0 Å². The average Bonchev–Trinajstić information content (AvgIpc) is 2.40. The van der Waals surface area contributed by atoms with E-state index >= 15 is 0 Å². The maximum absolute atomic E-state index is 5.65. The molecule has 0 aliphatic carbocycles. The van der Waals surface area contributed by atoms with Gasteiger partial charge in [-0.15, -0.1) is 0 Å². The molecule has 17 heavy (non-hydrogen) atoms. The largest absolute Gasteiger partial charge is 0.491 e. The summed E-state index contributed by atoms with van der Waals surface area (Å²) >= 11 is 0. The second-order valence-electron chi connectivity index (χ2n) is 3.61. The Hall–Kier alpha value is -1.94. The highest BCUT2D eigenvalue weighted by atomic mass is 16.5. The summed E-state index contributed by atoms with van der Waals surface area (Å²) in [7, 11) is 0. The molecule has 0 spiro atoms. The fourth-order valence-corrected chi connectivity index (χ4v) is 1.52. The first-order valence-corrected chi connectivity index (χ1v) is 5.56. The van der Waals surface area contributed by atoms with Crippen LogP contribution < -0.4 is 10.5 Å². The monoisotopic (exact) mass is 229 g/mol. The first kappa shape index (κ1) is 11.5. The molecule has 0 fully saturated rings. The van der Waals surface area contributed by atoms with Gasteiger partial charge in [0.25, 0.3) is 0 Å². The van der Waals surface area contributed by atoms with Crippen LogP contribution in [0.1, 0.15) is 11.3 Å². The van der Waals surface area contributed by atoms with Gasteiger partial charge in [0, 0.05) is 36.6 Å². The minimum absolute atomic E-state index is 0.460. The van der Waals surface area contributed by atoms with Gasteiger partial charge in [-0.2, -0.15) is 0 Å². The number of aromatic nitrogens is 2. The van der Waals surface area contributed by atoms with Gasteiger partial charge < -0.3 is 10.5 Å². The Morgan fingerprint density at radius 3 is 2.88 bits per heavy atom. The molecule has 88 valence electrons. The van der Waals surface area contributed by atoms with Gasteiger partial charge in [-0.1, -0.05) is 6.07 Å². The molecule has 2 aromatic rings. The summed E-state index contributed by atoms with van der Waals surface area (Å²) in [6, 6.07) is 7.72. The second-order valence-corrected chi connectivity index (χ2v) is 3.61. The topological polar surface area (TPSA) is 61.0 Å². The van der Waals surface area contributed by atoms with Crippen molar-refractivity contribution < 1.29 is 4.74 Å². The van der Waals surface area contributed by atoms with Crippen LogP contribution in [0, 0.1) is 0 Å². The number of rotatable bonds is 5. The Balaban J connectivity index is 1.90. The summed E-state index contributed by atoms with van der Waals surface area (Å²) < 4.78 is 5.65. The molecule has 0 unspecified atom stereocenters. The molecule has 0 aromatic carbocycles. The summed E-state index contributed by atoms with van der Waals surface area (Å²) in [6.07, 6.45) is 5.97. The molecule has 4 heteroatoms. The van der Waals surface area contributed by atoms with E-state index in [1.54, 1.807) is 18.6 Å². The van der Waals surface area contributed by atoms with Crippen molar-refractivity contribution in [2.24, 2.45) is 5.73 Å². The van der Waals surface area contributed by atoms with Gasteiger partial charge in [0.1, 0.15) is 5.75 Å². The van der Waals surface area contributed by atoms with Crippen LogP contribution in [0.15, 0.2) is 42.9 Å². The number of ether oxygens (including phenoxy) is 1. The van der Waals surface area contributed by atoms with Crippen molar-refractivity contribution in [1.29, 1.82) is 0 Å². The minimum Gasteiger partial charge on any atom is -0.491 e. The van der Waals surface area contributed by atoms with Crippen LogP contribution >= 0.6 is 0 Å². The normalized spacial score (nSPS) is 10.2. The molecule has 4 nitrogen and oxygen atoms in total. The van der Waals surface area contributed by atoms with Crippen molar-refractivity contribution in [3.8, 4) is 5.75 Å². The fourth-order valence-electron chi connectivity index (χ4n) is 1.52. The zero-order chi connectivity index (χ0) is 11.9. The van der Waals surface area contributed by atoms with E-state index in [4.69, 9.17) is 10.5 Å². The molecule has 0 saturated carbocycles. The van der Waals surface area contributed by atoms with Gasteiger partial charge >= 0.3 is 0 Å². The van der Waals surface area contributed by atoms with E-state index in [1.165, 1.54) is 0 Å². The van der Waals surface area contributed by atoms with Gasteiger partial charge in [0.2, 0.25) is 0 Å².